The molecule has 0 spiro atoms. The fourth-order valence-corrected chi connectivity index (χ4v) is 3.95. The van der Waals surface area contributed by atoms with E-state index in [1.165, 1.54) is 24.4 Å². The number of halogens is 1. The van der Waals surface area contributed by atoms with Gasteiger partial charge in [-0.25, -0.2) is 13.8 Å². The Morgan fingerprint density at radius 2 is 1.83 bits per heavy atom. The number of hydrogen-bond acceptors (Lipinski definition) is 5. The number of carbonyl (C=O) groups excluding carboxylic acids is 1. The summed E-state index contributed by atoms with van der Waals surface area (Å²) >= 11 is 6.07. The molecule has 3 aromatic carbocycles. The topological polar surface area (TPSA) is 99.1 Å². The highest BCUT2D eigenvalue weighted by Crippen LogP contribution is 2.27. The van der Waals surface area contributed by atoms with E-state index in [9.17, 15) is 18.3 Å². The number of sulfonamides is 1. The molecule has 0 aliphatic rings. The van der Waals surface area contributed by atoms with Crippen molar-refractivity contribution in [2.45, 2.75) is 0 Å². The second kappa shape index (κ2) is 8.50. The molecule has 0 bridgehead atoms. The fraction of sp³-hybridized carbons (Fsp3) is 0.100. The number of nitrogens with zero attached hydrogens (tertiary/aromatic N) is 2. The fourth-order valence-electron chi connectivity index (χ4n) is 2.79. The van der Waals surface area contributed by atoms with Crippen LogP contribution in [0.5, 0.6) is 5.75 Å². The van der Waals surface area contributed by atoms with Gasteiger partial charge >= 0.3 is 0 Å². The maximum Gasteiger partial charge on any atom is 0.260 e. The first kappa shape index (κ1) is 20.6. The third kappa shape index (κ3) is 4.85. The highest BCUT2D eigenvalue weighted by Gasteiger charge is 2.22. The molecule has 7 nitrogen and oxygen atoms in total. The maximum atomic E-state index is 12.3. The molecule has 0 radical (unpaired) electrons. The van der Waals surface area contributed by atoms with Crippen LogP contribution in [0.25, 0.3) is 10.8 Å². The average Bonchev–Trinajstić information content (AvgIpc) is 2.68. The minimum Gasteiger partial charge on any atom is -0.507 e. The van der Waals surface area contributed by atoms with Gasteiger partial charge in [0.15, 0.2) is 0 Å². The molecule has 2 N–H and O–H groups in total. The Balaban J connectivity index is 1.79. The summed E-state index contributed by atoms with van der Waals surface area (Å²) in [6, 6.07) is 17.0. The van der Waals surface area contributed by atoms with Gasteiger partial charge in [0, 0.05) is 5.56 Å². The van der Waals surface area contributed by atoms with Crippen LogP contribution in [0.15, 0.2) is 65.8 Å². The van der Waals surface area contributed by atoms with Crippen molar-refractivity contribution in [2.75, 3.05) is 17.1 Å². The molecule has 0 atom stereocenters. The number of carbonyl (C=O) groups is 1. The van der Waals surface area contributed by atoms with Gasteiger partial charge in [-0.15, -0.1) is 0 Å². The summed E-state index contributed by atoms with van der Waals surface area (Å²) in [7, 11) is -3.75. The second-order valence-electron chi connectivity index (χ2n) is 6.23. The van der Waals surface area contributed by atoms with E-state index in [2.05, 4.69) is 10.5 Å². The van der Waals surface area contributed by atoms with Gasteiger partial charge in [0.05, 0.1) is 23.2 Å². The zero-order valence-electron chi connectivity index (χ0n) is 15.4. The van der Waals surface area contributed by atoms with E-state index < -0.39 is 22.5 Å². The minimum absolute atomic E-state index is 0.00975. The molecular weight excluding hydrogens is 414 g/mol. The molecule has 0 saturated heterocycles. The van der Waals surface area contributed by atoms with Crippen LogP contribution in [0, 0.1) is 0 Å². The van der Waals surface area contributed by atoms with E-state index in [-0.39, 0.29) is 16.5 Å². The Labute approximate surface area is 173 Å². The number of hydrogen-bond donors (Lipinski definition) is 2. The number of anilines is 1. The largest absolute Gasteiger partial charge is 0.507 e. The standard InChI is InChI=1S/C20H18ClN3O4S/c1-29(27,28)24(18-9-5-4-8-17(18)21)13-20(26)23-22-12-16-15-7-3-2-6-14(15)10-11-19(16)25/h2-12,25H,13H2,1H3,(H,23,26)/b22-12-. The predicted octanol–water partition coefficient (Wildman–Crippen LogP) is 3.12. The van der Waals surface area contributed by atoms with Crippen molar-refractivity contribution in [3.05, 3.63) is 71.2 Å². The summed E-state index contributed by atoms with van der Waals surface area (Å²) in [6.07, 6.45) is 2.30. The van der Waals surface area contributed by atoms with Crippen LogP contribution in [0.3, 0.4) is 0 Å². The molecule has 0 aromatic heterocycles. The third-order valence-electron chi connectivity index (χ3n) is 4.14. The molecule has 0 saturated carbocycles. The van der Waals surface area contributed by atoms with Crippen molar-refractivity contribution in [3.8, 4) is 5.75 Å². The van der Waals surface area contributed by atoms with Gasteiger partial charge in [0.2, 0.25) is 10.0 Å². The summed E-state index contributed by atoms with van der Waals surface area (Å²) in [5.41, 5.74) is 2.92. The molecule has 0 aliphatic carbocycles. The van der Waals surface area contributed by atoms with Crippen LogP contribution in [-0.2, 0) is 14.8 Å². The summed E-state index contributed by atoms with van der Waals surface area (Å²) < 4.78 is 25.1. The number of hydrazone groups is 1. The first-order valence-electron chi connectivity index (χ1n) is 8.52. The minimum atomic E-state index is -3.75. The van der Waals surface area contributed by atoms with Crippen LogP contribution in [0.4, 0.5) is 5.69 Å². The summed E-state index contributed by atoms with van der Waals surface area (Å²) in [5, 5.41) is 15.8. The quantitative estimate of drug-likeness (QED) is 0.462. The lowest BCUT2D eigenvalue weighted by Gasteiger charge is -2.22. The van der Waals surface area contributed by atoms with Gasteiger partial charge in [-0.05, 0) is 29.0 Å². The van der Waals surface area contributed by atoms with Gasteiger partial charge in [0.1, 0.15) is 12.3 Å². The lowest BCUT2D eigenvalue weighted by molar-refractivity contribution is -0.119. The number of fused-ring (bicyclic) bond motifs is 1. The normalized spacial score (nSPS) is 11.7. The van der Waals surface area contributed by atoms with E-state index in [0.717, 1.165) is 21.3 Å². The number of benzene rings is 3. The smallest absolute Gasteiger partial charge is 0.260 e. The molecular formula is C20H18ClN3O4S. The second-order valence-corrected chi connectivity index (χ2v) is 8.55. The monoisotopic (exact) mass is 431 g/mol. The lowest BCUT2D eigenvalue weighted by atomic mass is 10.0. The Morgan fingerprint density at radius 1 is 1.14 bits per heavy atom. The number of para-hydroxylation sites is 1. The van der Waals surface area contributed by atoms with E-state index in [0.29, 0.717) is 5.56 Å². The summed E-state index contributed by atoms with van der Waals surface area (Å²) in [6.45, 7) is -0.499. The highest BCUT2D eigenvalue weighted by molar-refractivity contribution is 7.92. The number of nitrogens with one attached hydrogen (secondary N) is 1. The lowest BCUT2D eigenvalue weighted by Crippen LogP contribution is -2.39. The van der Waals surface area contributed by atoms with Crippen molar-refractivity contribution in [3.63, 3.8) is 0 Å². The van der Waals surface area contributed by atoms with Crippen LogP contribution in [-0.4, -0.2) is 38.4 Å². The van der Waals surface area contributed by atoms with E-state index in [4.69, 9.17) is 11.6 Å². The van der Waals surface area contributed by atoms with Crippen molar-refractivity contribution in [2.24, 2.45) is 5.10 Å². The zero-order valence-corrected chi connectivity index (χ0v) is 17.0. The van der Waals surface area contributed by atoms with Gasteiger partial charge in [-0.3, -0.25) is 9.10 Å². The Morgan fingerprint density at radius 3 is 2.55 bits per heavy atom. The maximum absolute atomic E-state index is 12.3. The number of amides is 1. The molecule has 3 aromatic rings. The summed E-state index contributed by atoms with van der Waals surface area (Å²) in [5.74, 6) is -0.651. The molecule has 1 amide bonds. The number of phenols is 1. The van der Waals surface area contributed by atoms with Crippen molar-refractivity contribution in [1.82, 2.24) is 5.43 Å². The van der Waals surface area contributed by atoms with Crippen molar-refractivity contribution in [1.29, 1.82) is 0 Å². The number of phenolic OH excluding ortho intramolecular Hbond substituents is 1. The Bertz CT molecular complexity index is 1200. The summed E-state index contributed by atoms with van der Waals surface area (Å²) in [4.78, 5) is 12.3. The molecule has 150 valence electrons. The molecule has 0 heterocycles. The van der Waals surface area contributed by atoms with Crippen molar-refractivity contribution < 1.29 is 18.3 Å². The molecule has 3 rings (SSSR count). The molecule has 0 unspecified atom stereocenters. The first-order chi connectivity index (χ1) is 13.8. The van der Waals surface area contributed by atoms with E-state index >= 15 is 0 Å². The van der Waals surface area contributed by atoms with E-state index in [1.54, 1.807) is 18.2 Å². The van der Waals surface area contributed by atoms with Gasteiger partial charge in [-0.2, -0.15) is 5.10 Å². The van der Waals surface area contributed by atoms with Crippen LogP contribution in [0.1, 0.15) is 5.56 Å². The molecule has 0 aliphatic heterocycles. The van der Waals surface area contributed by atoms with Crippen molar-refractivity contribution >= 4 is 50.2 Å². The molecule has 29 heavy (non-hydrogen) atoms. The molecule has 9 heteroatoms. The van der Waals surface area contributed by atoms with Gasteiger partial charge < -0.3 is 5.11 Å². The number of aromatic hydroxyl groups is 1. The van der Waals surface area contributed by atoms with Crippen LogP contribution >= 0.6 is 11.6 Å². The van der Waals surface area contributed by atoms with Crippen LogP contribution in [0.2, 0.25) is 5.02 Å². The number of rotatable bonds is 6. The molecule has 0 fully saturated rings. The highest BCUT2D eigenvalue weighted by atomic mass is 35.5. The van der Waals surface area contributed by atoms with E-state index in [1.807, 2.05) is 24.3 Å². The predicted molar refractivity (Wildman–Crippen MR) is 115 cm³/mol. The average molecular weight is 432 g/mol. The van der Waals surface area contributed by atoms with Gasteiger partial charge in [-0.1, -0.05) is 54.1 Å². The van der Waals surface area contributed by atoms with Gasteiger partial charge in [0.25, 0.3) is 5.91 Å². The SMILES string of the molecule is CS(=O)(=O)N(CC(=O)N/N=C\c1c(O)ccc2ccccc12)c1ccccc1Cl. The first-order valence-corrected chi connectivity index (χ1v) is 10.7. The van der Waals surface area contributed by atoms with Crippen LogP contribution < -0.4 is 9.73 Å². The zero-order chi connectivity index (χ0) is 21.0. The third-order valence-corrected chi connectivity index (χ3v) is 5.59. The Hall–Kier alpha value is -3.10. The Kier molecular flexibility index (Phi) is 6.05.